The van der Waals surface area contributed by atoms with Crippen LogP contribution < -0.4 is 5.32 Å². The molecule has 1 aromatic carbocycles. The Bertz CT molecular complexity index is 440. The lowest BCUT2D eigenvalue weighted by atomic mass is 10.3. The van der Waals surface area contributed by atoms with E-state index < -0.39 is 9.84 Å². The van der Waals surface area contributed by atoms with Crippen molar-refractivity contribution in [3.05, 3.63) is 28.7 Å². The van der Waals surface area contributed by atoms with E-state index >= 15 is 0 Å². The van der Waals surface area contributed by atoms with Crippen LogP contribution in [0.2, 0.25) is 0 Å². The molecule has 0 atom stereocenters. The van der Waals surface area contributed by atoms with Crippen molar-refractivity contribution < 1.29 is 8.42 Å². The Morgan fingerprint density at radius 1 is 1.29 bits per heavy atom. The minimum Gasteiger partial charge on any atom is -0.314 e. The van der Waals surface area contributed by atoms with E-state index in [4.69, 9.17) is 0 Å². The molecule has 2 rings (SSSR count). The summed E-state index contributed by atoms with van der Waals surface area (Å²) < 4.78 is 24.6. The predicted octanol–water partition coefficient (Wildman–Crippen LogP) is 1.19. The Balaban J connectivity index is 2.43. The molecule has 0 aliphatic carbocycles. The van der Waals surface area contributed by atoms with Crippen LogP contribution in [-0.4, -0.2) is 26.8 Å². The van der Waals surface area contributed by atoms with Crippen LogP contribution in [-0.2, 0) is 9.84 Å². The molecule has 1 fully saturated rings. The van der Waals surface area contributed by atoms with Crippen LogP contribution in [0.15, 0.2) is 33.6 Å². The van der Waals surface area contributed by atoms with Gasteiger partial charge < -0.3 is 5.32 Å². The molecule has 0 saturated carbocycles. The lowest BCUT2D eigenvalue weighted by molar-refractivity contribution is 0.495. The number of rotatable bonds is 2. The lowest BCUT2D eigenvalue weighted by Gasteiger charge is -2.27. The number of sulfone groups is 1. The van der Waals surface area contributed by atoms with Gasteiger partial charge in [-0.25, -0.2) is 8.42 Å². The van der Waals surface area contributed by atoms with Crippen molar-refractivity contribution in [3.63, 3.8) is 0 Å². The second-order valence-electron chi connectivity index (χ2n) is 3.26. The summed E-state index contributed by atoms with van der Waals surface area (Å²) >= 11 is 3.25. The topological polar surface area (TPSA) is 46.2 Å². The van der Waals surface area contributed by atoms with Gasteiger partial charge in [0, 0.05) is 17.6 Å². The maximum Gasteiger partial charge on any atom is 0.184 e. The first-order chi connectivity index (χ1) is 6.62. The van der Waals surface area contributed by atoms with E-state index in [2.05, 4.69) is 21.2 Å². The molecule has 5 heteroatoms. The second kappa shape index (κ2) is 3.64. The number of benzene rings is 1. The highest BCUT2D eigenvalue weighted by atomic mass is 79.9. The summed E-state index contributed by atoms with van der Waals surface area (Å²) in [5.74, 6) is 0. The molecule has 0 aromatic heterocycles. The zero-order valence-electron chi connectivity index (χ0n) is 7.40. The summed E-state index contributed by atoms with van der Waals surface area (Å²) in [6, 6.07) is 6.93. The zero-order chi connectivity index (χ0) is 10.2. The summed E-state index contributed by atoms with van der Waals surface area (Å²) in [4.78, 5) is 0.395. The molecule has 1 N–H and O–H groups in total. The van der Waals surface area contributed by atoms with Gasteiger partial charge in [-0.2, -0.15) is 0 Å². The predicted molar refractivity (Wildman–Crippen MR) is 58.0 cm³/mol. The maximum atomic E-state index is 12.0. The van der Waals surface area contributed by atoms with E-state index in [1.54, 1.807) is 18.2 Å². The highest BCUT2D eigenvalue weighted by Crippen LogP contribution is 2.26. The van der Waals surface area contributed by atoms with Crippen LogP contribution in [0.1, 0.15) is 0 Å². The Morgan fingerprint density at radius 2 is 1.93 bits per heavy atom. The van der Waals surface area contributed by atoms with Gasteiger partial charge in [-0.05, 0) is 28.1 Å². The summed E-state index contributed by atoms with van der Waals surface area (Å²) in [5.41, 5.74) is 0. The molecular formula is C9H10BrNO2S. The van der Waals surface area contributed by atoms with Gasteiger partial charge in [0.25, 0.3) is 0 Å². The van der Waals surface area contributed by atoms with Gasteiger partial charge in [-0.3, -0.25) is 0 Å². The number of halogens is 1. The largest absolute Gasteiger partial charge is 0.314 e. The van der Waals surface area contributed by atoms with Crippen LogP contribution in [0.4, 0.5) is 0 Å². The first-order valence-electron chi connectivity index (χ1n) is 4.31. The Labute approximate surface area is 91.6 Å². The minimum atomic E-state index is -3.14. The lowest BCUT2D eigenvalue weighted by Crippen LogP contribution is -2.51. The van der Waals surface area contributed by atoms with Crippen molar-refractivity contribution in [2.75, 3.05) is 13.1 Å². The van der Waals surface area contributed by atoms with Gasteiger partial charge in [0.1, 0.15) is 0 Å². The van der Waals surface area contributed by atoms with Gasteiger partial charge in [-0.15, -0.1) is 0 Å². The number of hydrogen-bond acceptors (Lipinski definition) is 3. The molecule has 1 aromatic rings. The molecular weight excluding hydrogens is 266 g/mol. The van der Waals surface area contributed by atoms with Crippen LogP contribution in [0.5, 0.6) is 0 Å². The molecule has 1 saturated heterocycles. The van der Waals surface area contributed by atoms with Crippen LogP contribution >= 0.6 is 15.9 Å². The second-order valence-corrected chi connectivity index (χ2v) is 6.31. The fraction of sp³-hybridized carbons (Fsp3) is 0.333. The minimum absolute atomic E-state index is 0.263. The highest BCUT2D eigenvalue weighted by Gasteiger charge is 2.33. The van der Waals surface area contributed by atoms with E-state index in [0.29, 0.717) is 22.5 Å². The smallest absolute Gasteiger partial charge is 0.184 e. The Hall–Kier alpha value is -0.390. The van der Waals surface area contributed by atoms with Gasteiger partial charge in [0.2, 0.25) is 0 Å². The molecule has 0 bridgehead atoms. The third-order valence-corrected chi connectivity index (χ3v) is 5.46. The average molecular weight is 276 g/mol. The van der Waals surface area contributed by atoms with Gasteiger partial charge in [0.05, 0.1) is 10.1 Å². The quantitative estimate of drug-likeness (QED) is 0.882. The summed E-state index contributed by atoms with van der Waals surface area (Å²) in [7, 11) is -3.14. The number of hydrogen-bond donors (Lipinski definition) is 1. The Morgan fingerprint density at radius 3 is 2.43 bits per heavy atom. The molecule has 1 aliphatic rings. The SMILES string of the molecule is O=S(=O)(c1ccccc1Br)C1CNC1. The fourth-order valence-electron chi connectivity index (χ4n) is 1.34. The fourth-order valence-corrected chi connectivity index (χ4v) is 3.94. The standard InChI is InChI=1S/C9H10BrNO2S/c10-8-3-1-2-4-9(8)14(12,13)7-5-11-6-7/h1-4,7,11H,5-6H2. The van der Waals surface area contributed by atoms with Crippen molar-refractivity contribution in [1.29, 1.82) is 0 Å². The van der Waals surface area contributed by atoms with Gasteiger partial charge in [-0.1, -0.05) is 12.1 Å². The zero-order valence-corrected chi connectivity index (χ0v) is 9.81. The highest BCUT2D eigenvalue weighted by molar-refractivity contribution is 9.10. The van der Waals surface area contributed by atoms with Gasteiger partial charge >= 0.3 is 0 Å². The molecule has 1 aliphatic heterocycles. The average Bonchev–Trinajstić information content (AvgIpc) is 2.00. The summed E-state index contributed by atoms with van der Waals surface area (Å²) in [6.07, 6.45) is 0. The molecule has 14 heavy (non-hydrogen) atoms. The van der Waals surface area contributed by atoms with Crippen molar-refractivity contribution in [1.82, 2.24) is 5.32 Å². The Kier molecular flexibility index (Phi) is 2.64. The van der Waals surface area contributed by atoms with Crippen LogP contribution in [0, 0.1) is 0 Å². The van der Waals surface area contributed by atoms with E-state index in [1.165, 1.54) is 0 Å². The summed E-state index contributed by atoms with van der Waals surface area (Å²) in [5, 5.41) is 2.70. The van der Waals surface area contributed by atoms with Gasteiger partial charge in [0.15, 0.2) is 9.84 Å². The van der Waals surface area contributed by atoms with Crippen molar-refractivity contribution in [2.24, 2.45) is 0 Å². The molecule has 3 nitrogen and oxygen atoms in total. The third-order valence-electron chi connectivity index (χ3n) is 2.33. The third kappa shape index (κ3) is 1.60. The first-order valence-corrected chi connectivity index (χ1v) is 6.65. The van der Waals surface area contributed by atoms with Crippen LogP contribution in [0.3, 0.4) is 0 Å². The van der Waals surface area contributed by atoms with Crippen LogP contribution in [0.25, 0.3) is 0 Å². The molecule has 1 heterocycles. The molecule has 0 amide bonds. The summed E-state index contributed by atoms with van der Waals surface area (Å²) in [6.45, 7) is 1.12. The van der Waals surface area contributed by atoms with E-state index in [9.17, 15) is 8.42 Å². The van der Waals surface area contributed by atoms with Crippen molar-refractivity contribution in [3.8, 4) is 0 Å². The molecule has 0 radical (unpaired) electrons. The molecule has 76 valence electrons. The normalized spacial score (nSPS) is 17.8. The molecule has 0 unspecified atom stereocenters. The first kappa shape index (κ1) is 10.1. The van der Waals surface area contributed by atoms with E-state index in [0.717, 1.165) is 0 Å². The van der Waals surface area contributed by atoms with Crippen molar-refractivity contribution >= 4 is 25.8 Å². The maximum absolute atomic E-state index is 12.0. The molecule has 0 spiro atoms. The van der Waals surface area contributed by atoms with Crippen molar-refractivity contribution in [2.45, 2.75) is 10.1 Å². The number of nitrogens with one attached hydrogen (secondary N) is 1. The monoisotopic (exact) mass is 275 g/mol. The van der Waals surface area contributed by atoms with E-state index in [1.807, 2.05) is 6.07 Å². The van der Waals surface area contributed by atoms with E-state index in [-0.39, 0.29) is 5.25 Å².